The molecule has 1 unspecified atom stereocenters. The van der Waals surface area contributed by atoms with Gasteiger partial charge >= 0.3 is 0 Å². The molecule has 0 aromatic heterocycles. The molecule has 1 amide bonds. The molecule has 0 spiro atoms. The van der Waals surface area contributed by atoms with Gasteiger partial charge in [0, 0.05) is 13.1 Å². The molecule has 0 fully saturated rings. The number of likely N-dealkylation sites (N-methyl/N-ethyl adjacent to an activating group) is 1. The molecule has 0 aliphatic rings. The van der Waals surface area contributed by atoms with Crippen molar-refractivity contribution in [2.24, 2.45) is 0 Å². The first-order valence-corrected chi connectivity index (χ1v) is 9.06. The Bertz CT molecular complexity index is 643. The predicted molar refractivity (Wildman–Crippen MR) is 90.1 cm³/mol. The number of nitrogens with one attached hydrogen (secondary N) is 1. The van der Waals surface area contributed by atoms with Gasteiger partial charge in [-0.1, -0.05) is 13.3 Å². The van der Waals surface area contributed by atoms with Crippen molar-refractivity contribution in [3.05, 3.63) is 23.8 Å². The molecule has 130 valence electrons. The number of sulfonamides is 1. The van der Waals surface area contributed by atoms with Gasteiger partial charge < -0.3 is 10.1 Å². The van der Waals surface area contributed by atoms with Crippen LogP contribution in [0.5, 0.6) is 5.75 Å². The second kappa shape index (κ2) is 8.31. The average Bonchev–Trinajstić information content (AvgIpc) is 2.46. The molecule has 7 heteroatoms. The Hall–Kier alpha value is -1.60. The van der Waals surface area contributed by atoms with Gasteiger partial charge in [0.25, 0.3) is 0 Å². The number of benzene rings is 1. The van der Waals surface area contributed by atoms with E-state index in [-0.39, 0.29) is 23.4 Å². The Morgan fingerprint density at radius 3 is 2.57 bits per heavy atom. The lowest BCUT2D eigenvalue weighted by Gasteiger charge is -2.19. The van der Waals surface area contributed by atoms with Crippen LogP contribution in [0, 0.1) is 6.92 Å². The maximum atomic E-state index is 12.5. The fraction of sp³-hybridized carbons (Fsp3) is 0.562. The second-order valence-electron chi connectivity index (χ2n) is 5.65. The van der Waals surface area contributed by atoms with E-state index in [2.05, 4.69) is 5.32 Å². The van der Waals surface area contributed by atoms with Crippen LogP contribution >= 0.6 is 0 Å². The van der Waals surface area contributed by atoms with Crippen molar-refractivity contribution in [1.29, 1.82) is 0 Å². The number of carbonyl (C=O) groups excluding carboxylic acids is 1. The highest BCUT2D eigenvalue weighted by molar-refractivity contribution is 7.89. The number of methoxy groups -OCH3 is 1. The van der Waals surface area contributed by atoms with Crippen molar-refractivity contribution in [3.8, 4) is 5.75 Å². The molecule has 0 bridgehead atoms. The third-order valence-electron chi connectivity index (χ3n) is 3.57. The van der Waals surface area contributed by atoms with Crippen LogP contribution in [0.4, 0.5) is 0 Å². The maximum Gasteiger partial charge on any atom is 0.243 e. The van der Waals surface area contributed by atoms with Gasteiger partial charge in [-0.05, 0) is 44.0 Å². The van der Waals surface area contributed by atoms with Crippen molar-refractivity contribution >= 4 is 15.9 Å². The lowest BCUT2D eigenvalue weighted by molar-refractivity contribution is -0.121. The molecular weight excluding hydrogens is 316 g/mol. The second-order valence-corrected chi connectivity index (χ2v) is 7.69. The summed E-state index contributed by atoms with van der Waals surface area (Å²) in [6, 6.07) is 4.67. The third-order valence-corrected chi connectivity index (χ3v) is 5.37. The summed E-state index contributed by atoms with van der Waals surface area (Å²) >= 11 is 0. The van der Waals surface area contributed by atoms with Crippen molar-refractivity contribution in [3.63, 3.8) is 0 Å². The highest BCUT2D eigenvalue weighted by Crippen LogP contribution is 2.23. The van der Waals surface area contributed by atoms with Gasteiger partial charge in [0.15, 0.2) is 0 Å². The van der Waals surface area contributed by atoms with E-state index in [0.717, 1.165) is 22.7 Å². The molecule has 0 heterocycles. The standard InChI is InChI=1S/C16H26N2O4S/c1-6-7-13(3)17-16(19)11-18(4)23(20,21)14-8-9-15(22-5)12(2)10-14/h8-10,13H,6-7,11H2,1-5H3,(H,17,19). The summed E-state index contributed by atoms with van der Waals surface area (Å²) in [5.74, 6) is 0.319. The van der Waals surface area contributed by atoms with Crippen LogP contribution in [0.25, 0.3) is 0 Å². The van der Waals surface area contributed by atoms with E-state index in [1.807, 2.05) is 13.8 Å². The Balaban J connectivity index is 2.83. The Morgan fingerprint density at radius 1 is 1.39 bits per heavy atom. The minimum atomic E-state index is -3.71. The molecule has 0 aliphatic heterocycles. The molecule has 0 radical (unpaired) electrons. The van der Waals surface area contributed by atoms with Crippen LogP contribution in [0.3, 0.4) is 0 Å². The number of nitrogens with zero attached hydrogens (tertiary/aromatic N) is 1. The number of carbonyl (C=O) groups is 1. The highest BCUT2D eigenvalue weighted by Gasteiger charge is 2.24. The number of rotatable bonds is 8. The summed E-state index contributed by atoms with van der Waals surface area (Å²) < 4.78 is 31.3. The summed E-state index contributed by atoms with van der Waals surface area (Å²) in [7, 11) is -0.779. The van der Waals surface area contributed by atoms with Gasteiger partial charge in [0.05, 0.1) is 18.6 Å². The molecule has 1 aromatic carbocycles. The van der Waals surface area contributed by atoms with Crippen molar-refractivity contribution in [2.45, 2.75) is 44.6 Å². The van der Waals surface area contributed by atoms with E-state index in [9.17, 15) is 13.2 Å². The summed E-state index contributed by atoms with van der Waals surface area (Å²) in [6.45, 7) is 5.51. The summed E-state index contributed by atoms with van der Waals surface area (Å²) in [5, 5.41) is 2.80. The van der Waals surface area contributed by atoms with Gasteiger partial charge in [0.1, 0.15) is 5.75 Å². The zero-order chi connectivity index (χ0) is 17.6. The van der Waals surface area contributed by atoms with E-state index in [1.165, 1.54) is 20.2 Å². The maximum absolute atomic E-state index is 12.5. The van der Waals surface area contributed by atoms with Crippen LogP contribution < -0.4 is 10.1 Å². The topological polar surface area (TPSA) is 75.7 Å². The van der Waals surface area contributed by atoms with E-state index < -0.39 is 10.0 Å². The molecule has 0 aliphatic carbocycles. The summed E-state index contributed by atoms with van der Waals surface area (Å²) in [4.78, 5) is 12.1. The fourth-order valence-electron chi connectivity index (χ4n) is 2.30. The molecule has 0 saturated heterocycles. The van der Waals surface area contributed by atoms with Gasteiger partial charge in [-0.2, -0.15) is 4.31 Å². The first kappa shape index (κ1) is 19.4. The monoisotopic (exact) mass is 342 g/mol. The van der Waals surface area contributed by atoms with Crippen molar-refractivity contribution in [2.75, 3.05) is 20.7 Å². The number of hydrogen-bond donors (Lipinski definition) is 1. The van der Waals surface area contributed by atoms with Crippen LogP contribution in [0.15, 0.2) is 23.1 Å². The Morgan fingerprint density at radius 2 is 2.04 bits per heavy atom. The number of aryl methyl sites for hydroxylation is 1. The zero-order valence-corrected chi connectivity index (χ0v) is 15.2. The van der Waals surface area contributed by atoms with Crippen LogP contribution in [0.2, 0.25) is 0 Å². The van der Waals surface area contributed by atoms with Gasteiger partial charge in [-0.25, -0.2) is 8.42 Å². The first-order chi connectivity index (χ1) is 10.7. The predicted octanol–water partition coefficient (Wildman–Crippen LogP) is 1.93. The molecule has 23 heavy (non-hydrogen) atoms. The van der Waals surface area contributed by atoms with Gasteiger partial charge in [0.2, 0.25) is 15.9 Å². The van der Waals surface area contributed by atoms with E-state index >= 15 is 0 Å². The molecule has 6 nitrogen and oxygen atoms in total. The first-order valence-electron chi connectivity index (χ1n) is 7.62. The molecule has 1 atom stereocenters. The lowest BCUT2D eigenvalue weighted by Crippen LogP contribution is -2.41. The third kappa shape index (κ3) is 5.21. The number of ether oxygens (including phenoxy) is 1. The molecule has 1 N–H and O–H groups in total. The van der Waals surface area contributed by atoms with E-state index in [0.29, 0.717) is 5.75 Å². The van der Waals surface area contributed by atoms with Gasteiger partial charge in [-0.3, -0.25) is 4.79 Å². The highest BCUT2D eigenvalue weighted by atomic mass is 32.2. The van der Waals surface area contributed by atoms with E-state index in [1.54, 1.807) is 19.1 Å². The molecule has 1 aromatic rings. The summed E-state index contributed by atoms with van der Waals surface area (Å²) in [5.41, 5.74) is 0.725. The molecular formula is C16H26N2O4S. The number of hydrogen-bond acceptors (Lipinski definition) is 4. The lowest BCUT2D eigenvalue weighted by atomic mass is 10.2. The van der Waals surface area contributed by atoms with Crippen molar-refractivity contribution < 1.29 is 17.9 Å². The molecule has 1 rings (SSSR count). The quantitative estimate of drug-likeness (QED) is 0.783. The number of amides is 1. The normalized spacial score (nSPS) is 13.0. The SMILES string of the molecule is CCCC(C)NC(=O)CN(C)S(=O)(=O)c1ccc(OC)c(C)c1. The zero-order valence-electron chi connectivity index (χ0n) is 14.4. The van der Waals surface area contributed by atoms with Crippen LogP contribution in [0.1, 0.15) is 32.3 Å². The van der Waals surface area contributed by atoms with Crippen LogP contribution in [-0.4, -0.2) is 45.4 Å². The smallest absolute Gasteiger partial charge is 0.243 e. The average molecular weight is 342 g/mol. The van der Waals surface area contributed by atoms with Crippen LogP contribution in [-0.2, 0) is 14.8 Å². The minimum Gasteiger partial charge on any atom is -0.496 e. The Kier molecular flexibility index (Phi) is 7.02. The largest absolute Gasteiger partial charge is 0.496 e. The minimum absolute atomic E-state index is 0.0341. The Labute approximate surface area is 138 Å². The van der Waals surface area contributed by atoms with Crippen molar-refractivity contribution in [1.82, 2.24) is 9.62 Å². The molecule has 0 saturated carbocycles. The van der Waals surface area contributed by atoms with E-state index in [4.69, 9.17) is 4.74 Å². The fourth-order valence-corrected chi connectivity index (χ4v) is 3.52. The summed E-state index contributed by atoms with van der Waals surface area (Å²) in [6.07, 6.45) is 1.82. The van der Waals surface area contributed by atoms with Gasteiger partial charge in [-0.15, -0.1) is 0 Å².